The minimum Gasteiger partial charge on any atom is -0.465 e. The fourth-order valence-electron chi connectivity index (χ4n) is 1.40. The highest BCUT2D eigenvalue weighted by Gasteiger charge is 2.26. The van der Waals surface area contributed by atoms with E-state index >= 15 is 0 Å². The molecule has 3 atom stereocenters. The highest BCUT2D eigenvalue weighted by molar-refractivity contribution is 5.91. The Morgan fingerprint density at radius 3 is 2.24 bits per heavy atom. The van der Waals surface area contributed by atoms with Crippen LogP contribution in [0.1, 0.15) is 46.5 Å². The van der Waals surface area contributed by atoms with Gasteiger partial charge in [0.15, 0.2) is 0 Å². The summed E-state index contributed by atoms with van der Waals surface area (Å²) in [6, 6.07) is -2.01. The second-order valence-electron chi connectivity index (χ2n) is 5.04. The summed E-state index contributed by atoms with van der Waals surface area (Å²) in [5.74, 6) is -2.46. The maximum absolute atomic E-state index is 11.6. The number of esters is 3. The summed E-state index contributed by atoms with van der Waals surface area (Å²) in [5, 5.41) is 0. The first-order valence-electron chi connectivity index (χ1n) is 7.25. The standard InChI is InChI=1S/C14H26N2O5/c1-4-6-7-20-13(18)10(15)8-11(17)21-14(19)12(16)9(3)5-2/h9-10,12H,4-8,15-16H2,1-3H3. The van der Waals surface area contributed by atoms with E-state index in [1.807, 2.05) is 13.8 Å². The second kappa shape index (κ2) is 10.3. The van der Waals surface area contributed by atoms with Gasteiger partial charge in [-0.3, -0.25) is 9.59 Å². The van der Waals surface area contributed by atoms with Crippen LogP contribution in [0.25, 0.3) is 0 Å². The molecule has 122 valence electrons. The van der Waals surface area contributed by atoms with Crippen molar-refractivity contribution in [3.63, 3.8) is 0 Å². The van der Waals surface area contributed by atoms with Crippen LogP contribution in [0, 0.1) is 5.92 Å². The van der Waals surface area contributed by atoms with Crippen LogP contribution >= 0.6 is 0 Å². The van der Waals surface area contributed by atoms with Crippen LogP contribution < -0.4 is 11.5 Å². The van der Waals surface area contributed by atoms with E-state index in [0.29, 0.717) is 6.42 Å². The van der Waals surface area contributed by atoms with Crippen LogP contribution in [0.4, 0.5) is 0 Å². The SMILES string of the molecule is CCCCOC(=O)C(N)CC(=O)OC(=O)C(N)C(C)CC. The first-order valence-corrected chi connectivity index (χ1v) is 7.25. The fourth-order valence-corrected chi connectivity index (χ4v) is 1.40. The molecule has 21 heavy (non-hydrogen) atoms. The summed E-state index contributed by atoms with van der Waals surface area (Å²) >= 11 is 0. The monoisotopic (exact) mass is 302 g/mol. The third-order valence-corrected chi connectivity index (χ3v) is 3.18. The topological polar surface area (TPSA) is 122 Å². The zero-order chi connectivity index (χ0) is 16.4. The lowest BCUT2D eigenvalue weighted by Crippen LogP contribution is -2.41. The molecule has 0 saturated heterocycles. The molecule has 0 rings (SSSR count). The molecule has 3 unspecified atom stereocenters. The van der Waals surface area contributed by atoms with Crippen molar-refractivity contribution in [3.8, 4) is 0 Å². The summed E-state index contributed by atoms with van der Waals surface area (Å²) in [5.41, 5.74) is 11.2. The lowest BCUT2D eigenvalue weighted by atomic mass is 10.0. The van der Waals surface area contributed by atoms with Crippen LogP contribution in [0.15, 0.2) is 0 Å². The van der Waals surface area contributed by atoms with Crippen molar-refractivity contribution < 1.29 is 23.9 Å². The molecule has 0 spiro atoms. The number of carbonyl (C=O) groups is 3. The molecule has 0 amide bonds. The molecule has 0 radical (unpaired) electrons. The molecule has 0 aliphatic heterocycles. The van der Waals surface area contributed by atoms with Crippen molar-refractivity contribution in [2.75, 3.05) is 6.61 Å². The van der Waals surface area contributed by atoms with Crippen molar-refractivity contribution >= 4 is 17.9 Å². The molecule has 7 heteroatoms. The van der Waals surface area contributed by atoms with Crippen molar-refractivity contribution in [1.82, 2.24) is 0 Å². The molecular formula is C14H26N2O5. The Balaban J connectivity index is 4.18. The Morgan fingerprint density at radius 2 is 1.71 bits per heavy atom. The average molecular weight is 302 g/mol. The molecule has 0 saturated carbocycles. The average Bonchev–Trinajstić information content (AvgIpc) is 2.45. The molecule has 0 bridgehead atoms. The first-order chi connectivity index (χ1) is 9.83. The second-order valence-corrected chi connectivity index (χ2v) is 5.04. The van der Waals surface area contributed by atoms with Gasteiger partial charge in [0.05, 0.1) is 13.0 Å². The number of unbranched alkanes of at least 4 members (excludes halogenated alkanes) is 1. The van der Waals surface area contributed by atoms with E-state index < -0.39 is 36.4 Å². The third-order valence-electron chi connectivity index (χ3n) is 3.18. The van der Waals surface area contributed by atoms with Gasteiger partial charge in [-0.1, -0.05) is 33.6 Å². The van der Waals surface area contributed by atoms with Crippen molar-refractivity contribution in [1.29, 1.82) is 0 Å². The van der Waals surface area contributed by atoms with Gasteiger partial charge in [-0.15, -0.1) is 0 Å². The lowest BCUT2D eigenvalue weighted by molar-refractivity contribution is -0.163. The van der Waals surface area contributed by atoms with Gasteiger partial charge in [-0.2, -0.15) is 0 Å². The zero-order valence-electron chi connectivity index (χ0n) is 13.0. The number of hydrogen-bond donors (Lipinski definition) is 2. The van der Waals surface area contributed by atoms with E-state index in [-0.39, 0.29) is 12.5 Å². The van der Waals surface area contributed by atoms with Gasteiger partial charge in [0.2, 0.25) is 0 Å². The number of nitrogens with two attached hydrogens (primary N) is 2. The summed E-state index contributed by atoms with van der Waals surface area (Å²) in [4.78, 5) is 34.6. The molecule has 0 aromatic rings. The van der Waals surface area contributed by atoms with Crippen LogP contribution in [0.2, 0.25) is 0 Å². The Hall–Kier alpha value is -1.47. The normalized spacial score (nSPS) is 14.9. The van der Waals surface area contributed by atoms with Crippen LogP contribution in [-0.4, -0.2) is 36.6 Å². The van der Waals surface area contributed by atoms with E-state index in [2.05, 4.69) is 4.74 Å². The van der Waals surface area contributed by atoms with Gasteiger partial charge in [-0.05, 0) is 12.3 Å². The van der Waals surface area contributed by atoms with Gasteiger partial charge in [-0.25, -0.2) is 4.79 Å². The largest absolute Gasteiger partial charge is 0.465 e. The Bertz CT molecular complexity index is 359. The highest BCUT2D eigenvalue weighted by Crippen LogP contribution is 2.07. The molecule has 0 heterocycles. The van der Waals surface area contributed by atoms with Crippen LogP contribution in [0.3, 0.4) is 0 Å². The van der Waals surface area contributed by atoms with E-state index in [1.165, 1.54) is 0 Å². The summed E-state index contributed by atoms with van der Waals surface area (Å²) in [6.45, 7) is 5.88. The fraction of sp³-hybridized carbons (Fsp3) is 0.786. The van der Waals surface area contributed by atoms with E-state index in [4.69, 9.17) is 16.2 Å². The predicted octanol–water partition coefficient (Wildman–Crippen LogP) is 0.490. The molecular weight excluding hydrogens is 276 g/mol. The molecule has 0 aromatic carbocycles. The Morgan fingerprint density at radius 1 is 1.10 bits per heavy atom. The maximum Gasteiger partial charge on any atom is 0.330 e. The van der Waals surface area contributed by atoms with Gasteiger partial charge < -0.3 is 20.9 Å². The van der Waals surface area contributed by atoms with Crippen LogP contribution in [-0.2, 0) is 23.9 Å². The molecule has 7 nitrogen and oxygen atoms in total. The minimum absolute atomic E-state index is 0.0991. The minimum atomic E-state index is -1.14. The zero-order valence-corrected chi connectivity index (χ0v) is 13.0. The van der Waals surface area contributed by atoms with Crippen molar-refractivity contribution in [3.05, 3.63) is 0 Å². The lowest BCUT2D eigenvalue weighted by Gasteiger charge is -2.16. The number of hydrogen-bond acceptors (Lipinski definition) is 7. The maximum atomic E-state index is 11.6. The third kappa shape index (κ3) is 7.77. The number of ether oxygens (including phenoxy) is 2. The van der Waals surface area contributed by atoms with Crippen molar-refractivity contribution in [2.45, 2.75) is 58.5 Å². The Labute approximate surface area is 125 Å². The quantitative estimate of drug-likeness (QED) is 0.361. The predicted molar refractivity (Wildman–Crippen MR) is 77.0 cm³/mol. The van der Waals surface area contributed by atoms with Crippen LogP contribution in [0.5, 0.6) is 0 Å². The summed E-state index contributed by atoms with van der Waals surface area (Å²) < 4.78 is 9.46. The smallest absolute Gasteiger partial charge is 0.330 e. The first kappa shape index (κ1) is 19.5. The molecule has 0 fully saturated rings. The summed E-state index contributed by atoms with van der Waals surface area (Å²) in [6.07, 6.45) is 1.88. The molecule has 0 aliphatic carbocycles. The van der Waals surface area contributed by atoms with E-state index in [0.717, 1.165) is 12.8 Å². The Kier molecular flexibility index (Phi) is 9.56. The highest BCUT2D eigenvalue weighted by atomic mass is 16.6. The van der Waals surface area contributed by atoms with E-state index in [9.17, 15) is 14.4 Å². The van der Waals surface area contributed by atoms with E-state index in [1.54, 1.807) is 6.92 Å². The van der Waals surface area contributed by atoms with Gasteiger partial charge in [0.25, 0.3) is 0 Å². The van der Waals surface area contributed by atoms with Gasteiger partial charge in [0.1, 0.15) is 12.1 Å². The van der Waals surface area contributed by atoms with Crippen molar-refractivity contribution in [2.24, 2.45) is 17.4 Å². The number of rotatable bonds is 9. The van der Waals surface area contributed by atoms with Gasteiger partial charge in [0, 0.05) is 0 Å². The molecule has 4 N–H and O–H groups in total. The van der Waals surface area contributed by atoms with Gasteiger partial charge >= 0.3 is 17.9 Å². The summed E-state index contributed by atoms with van der Waals surface area (Å²) in [7, 11) is 0. The molecule has 0 aliphatic rings. The molecule has 0 aromatic heterocycles. The number of carbonyl (C=O) groups excluding carboxylic acids is 3.